The molecule has 10 nitrogen and oxygen atoms in total. The Morgan fingerprint density at radius 1 is 1.10 bits per heavy atom. The van der Waals surface area contributed by atoms with E-state index < -0.39 is 65.9 Å². The van der Waals surface area contributed by atoms with E-state index in [0.717, 1.165) is 17.7 Å². The number of alkyl halides is 4. The lowest BCUT2D eigenvalue weighted by atomic mass is 9.81. The summed E-state index contributed by atoms with van der Waals surface area (Å²) in [6.45, 7) is -1.84. The van der Waals surface area contributed by atoms with Crippen molar-refractivity contribution in [2.45, 2.75) is 37.0 Å². The molecule has 0 radical (unpaired) electrons. The summed E-state index contributed by atoms with van der Waals surface area (Å²) in [4.78, 5) is 46.7. The summed E-state index contributed by atoms with van der Waals surface area (Å²) in [6.07, 6.45) is -2.53. The molecule has 6 rings (SSSR count). The Hall–Kier alpha value is -5.18. The Bertz CT molecular complexity index is 1970. The van der Waals surface area contributed by atoms with E-state index in [9.17, 15) is 41.4 Å². The number of halogens is 5. The molecule has 2 atom stereocenters. The van der Waals surface area contributed by atoms with Crippen molar-refractivity contribution in [1.82, 2.24) is 15.3 Å². The van der Waals surface area contributed by atoms with Crippen LogP contribution in [0.4, 0.5) is 27.6 Å². The molecule has 2 aromatic heterocycles. The van der Waals surface area contributed by atoms with Crippen LogP contribution >= 0.6 is 0 Å². The molecule has 0 spiro atoms. The molecule has 0 saturated heterocycles. The lowest BCUT2D eigenvalue weighted by molar-refractivity contribution is -0.265. The molecule has 15 heteroatoms. The van der Waals surface area contributed by atoms with E-state index in [1.165, 1.54) is 24.3 Å². The largest absolute Gasteiger partial charge is 0.489 e. The molecule has 4 aromatic rings. The van der Waals surface area contributed by atoms with Crippen molar-refractivity contribution < 1.29 is 46.2 Å². The first-order valence-electron chi connectivity index (χ1n) is 14.8. The predicted molar refractivity (Wildman–Crippen MR) is 162 cm³/mol. The number of nitrogens with zero attached hydrogens (tertiary/aromatic N) is 2. The number of rotatable bonds is 9. The van der Waals surface area contributed by atoms with E-state index in [4.69, 9.17) is 10.5 Å². The lowest BCUT2D eigenvalue weighted by Gasteiger charge is -2.31. The molecule has 1 fully saturated rings. The normalized spacial score (nSPS) is 18.5. The third kappa shape index (κ3) is 5.67. The van der Waals surface area contributed by atoms with Crippen LogP contribution in [-0.2, 0) is 20.6 Å². The van der Waals surface area contributed by atoms with Crippen LogP contribution in [0.2, 0.25) is 0 Å². The van der Waals surface area contributed by atoms with Gasteiger partial charge in [0.15, 0.2) is 0 Å². The van der Waals surface area contributed by atoms with Crippen LogP contribution in [0.1, 0.15) is 40.0 Å². The Morgan fingerprint density at radius 3 is 2.44 bits per heavy atom. The molecular formula is C33H28F5N5O5. The number of fused-ring (bicyclic) bond motifs is 2. The second-order valence-electron chi connectivity index (χ2n) is 12.0. The fourth-order valence-electron chi connectivity index (χ4n) is 5.52. The smallest absolute Gasteiger partial charge is 0.424 e. The number of anilines is 1. The number of primary amides is 1. The number of aliphatic hydroxyl groups is 1. The van der Waals surface area contributed by atoms with Gasteiger partial charge >= 0.3 is 6.18 Å². The second kappa shape index (κ2) is 11.8. The van der Waals surface area contributed by atoms with Gasteiger partial charge in [0.25, 0.3) is 5.91 Å². The number of carbonyl (C=O) groups is 3. The number of ether oxygens (including phenoxy) is 1. The topological polar surface area (TPSA) is 157 Å². The molecule has 1 aliphatic carbocycles. The van der Waals surface area contributed by atoms with Crippen LogP contribution in [-0.4, -0.2) is 58.8 Å². The van der Waals surface area contributed by atoms with Gasteiger partial charge in [-0.25, -0.2) is 13.8 Å². The van der Waals surface area contributed by atoms with Crippen LogP contribution in [0.25, 0.3) is 22.2 Å². The zero-order chi connectivity index (χ0) is 34.6. The molecule has 2 aliphatic rings. The summed E-state index contributed by atoms with van der Waals surface area (Å²) in [6, 6.07) is 9.36. The van der Waals surface area contributed by atoms with Crippen molar-refractivity contribution in [3.8, 4) is 17.0 Å². The number of nitrogens with two attached hydrogens (primary N) is 1. The van der Waals surface area contributed by atoms with Crippen molar-refractivity contribution >= 4 is 34.3 Å². The SMILES string of the molecule is Cc1cnc2c(NC(=O)C3CC3)cc(C(=O)NC[C@](O)(c3cc4c(c(-c5ccc(F)cc5)n3)OC[C@]4(CF)C(N)=O)C(F)(F)F)cc2c1. The quantitative estimate of drug-likeness (QED) is 0.193. The summed E-state index contributed by atoms with van der Waals surface area (Å²) in [7, 11) is 0. The van der Waals surface area contributed by atoms with E-state index in [2.05, 4.69) is 20.6 Å². The zero-order valence-electron chi connectivity index (χ0n) is 25.3. The number of carbonyl (C=O) groups excluding carboxylic acids is 3. The van der Waals surface area contributed by atoms with E-state index in [1.54, 1.807) is 19.2 Å². The molecule has 5 N–H and O–H groups in total. The van der Waals surface area contributed by atoms with Gasteiger partial charge in [0.2, 0.25) is 17.4 Å². The molecule has 250 valence electrons. The van der Waals surface area contributed by atoms with Gasteiger partial charge in [-0.15, -0.1) is 0 Å². The molecule has 3 heterocycles. The zero-order valence-corrected chi connectivity index (χ0v) is 25.3. The van der Waals surface area contributed by atoms with Crippen LogP contribution < -0.4 is 21.1 Å². The lowest BCUT2D eigenvalue weighted by Crippen LogP contribution is -2.52. The van der Waals surface area contributed by atoms with Crippen LogP contribution in [0.15, 0.2) is 54.7 Å². The number of hydrogen-bond acceptors (Lipinski definition) is 7. The number of benzene rings is 2. The maximum Gasteiger partial charge on any atom is 0.424 e. The van der Waals surface area contributed by atoms with E-state index >= 15 is 0 Å². The van der Waals surface area contributed by atoms with Crippen molar-refractivity contribution in [1.29, 1.82) is 0 Å². The Morgan fingerprint density at radius 2 is 1.81 bits per heavy atom. The number of amides is 3. The molecule has 3 amide bonds. The van der Waals surface area contributed by atoms with Gasteiger partial charge in [-0.2, -0.15) is 13.2 Å². The first-order chi connectivity index (χ1) is 22.7. The minimum atomic E-state index is -5.49. The van der Waals surface area contributed by atoms with Crippen molar-refractivity contribution in [3.63, 3.8) is 0 Å². The van der Waals surface area contributed by atoms with Crippen LogP contribution in [0, 0.1) is 18.7 Å². The highest BCUT2D eigenvalue weighted by molar-refractivity contribution is 6.06. The van der Waals surface area contributed by atoms with Crippen LogP contribution in [0.3, 0.4) is 0 Å². The number of aromatic nitrogens is 2. The Balaban J connectivity index is 1.41. The van der Waals surface area contributed by atoms with Gasteiger partial charge in [-0.1, -0.05) is 0 Å². The van der Waals surface area contributed by atoms with Gasteiger partial charge in [0.05, 0.1) is 23.4 Å². The molecule has 2 aromatic carbocycles. The minimum absolute atomic E-state index is 0.0306. The molecule has 1 aliphatic heterocycles. The van der Waals surface area contributed by atoms with Crippen molar-refractivity contribution in [2.24, 2.45) is 11.7 Å². The minimum Gasteiger partial charge on any atom is -0.489 e. The highest BCUT2D eigenvalue weighted by atomic mass is 19.4. The standard InChI is InChI=1S/C33H28F5N5O5/c1-16-8-19-9-20(10-23(25(19)40-12-16)42-29(45)18-2-3-18)28(44)41-14-32(47,33(36,37)38)24-11-22-27(48-15-31(22,13-34)30(39)46)26(43-24)17-4-6-21(35)7-5-17/h4-12,18,47H,2-3,13-15H2,1H3,(H2,39,46)(H,41,44)(H,42,45)/t31-,32-/m0/s1. The maximum absolute atomic E-state index is 14.8. The molecule has 0 unspecified atom stereocenters. The first-order valence-corrected chi connectivity index (χ1v) is 14.8. The Labute approximate surface area is 269 Å². The third-order valence-electron chi connectivity index (χ3n) is 8.55. The summed E-state index contributed by atoms with van der Waals surface area (Å²) in [5.74, 6) is -3.70. The number of hydrogen-bond donors (Lipinski definition) is 4. The van der Waals surface area contributed by atoms with Gasteiger partial charge in [-0.3, -0.25) is 19.4 Å². The molecule has 1 saturated carbocycles. The maximum atomic E-state index is 14.8. The molecule has 0 bridgehead atoms. The fraction of sp³-hybridized carbons (Fsp3) is 0.303. The first kappa shape index (κ1) is 32.7. The predicted octanol–water partition coefficient (Wildman–Crippen LogP) is 4.36. The van der Waals surface area contributed by atoms with Crippen molar-refractivity contribution in [2.75, 3.05) is 25.1 Å². The summed E-state index contributed by atoms with van der Waals surface area (Å²) < 4.78 is 78.1. The van der Waals surface area contributed by atoms with Gasteiger partial charge in [-0.05, 0) is 73.9 Å². The molecule has 48 heavy (non-hydrogen) atoms. The number of nitrogens with one attached hydrogen (secondary N) is 2. The molecular weight excluding hydrogens is 641 g/mol. The monoisotopic (exact) mass is 669 g/mol. The van der Waals surface area contributed by atoms with Crippen molar-refractivity contribution in [3.05, 3.63) is 82.9 Å². The number of aryl methyl sites for hydroxylation is 1. The second-order valence-corrected chi connectivity index (χ2v) is 12.0. The summed E-state index contributed by atoms with van der Waals surface area (Å²) in [5.41, 5.74) is -1.32. The third-order valence-corrected chi connectivity index (χ3v) is 8.55. The van der Waals surface area contributed by atoms with Gasteiger partial charge in [0.1, 0.15) is 36.0 Å². The van der Waals surface area contributed by atoms with Crippen LogP contribution in [0.5, 0.6) is 5.75 Å². The highest BCUT2D eigenvalue weighted by Gasteiger charge is 2.58. The van der Waals surface area contributed by atoms with E-state index in [-0.39, 0.29) is 40.1 Å². The highest BCUT2D eigenvalue weighted by Crippen LogP contribution is 2.48. The summed E-state index contributed by atoms with van der Waals surface area (Å²) in [5, 5.41) is 16.6. The van der Waals surface area contributed by atoms with Gasteiger partial charge < -0.3 is 26.2 Å². The average Bonchev–Trinajstić information content (AvgIpc) is 3.83. The van der Waals surface area contributed by atoms with Gasteiger partial charge in [0, 0.05) is 34.2 Å². The Kier molecular flexibility index (Phi) is 8.06. The average molecular weight is 670 g/mol. The van der Waals surface area contributed by atoms with E-state index in [1.807, 2.05) is 0 Å². The number of pyridine rings is 2. The fourth-order valence-corrected chi connectivity index (χ4v) is 5.52. The van der Waals surface area contributed by atoms with E-state index in [0.29, 0.717) is 29.8 Å². The summed E-state index contributed by atoms with van der Waals surface area (Å²) >= 11 is 0.